The van der Waals surface area contributed by atoms with E-state index in [-0.39, 0.29) is 25.8 Å². The van der Waals surface area contributed by atoms with Crippen LogP contribution < -0.4 is 5.73 Å². The monoisotopic (exact) mass is 787 g/mol. The number of rotatable bonds is 40. The van der Waals surface area contributed by atoms with E-state index >= 15 is 0 Å². The smallest absolute Gasteiger partial charge is 0.462 e. The SMILES string of the molecule is [2H]C([2H])(OC(=O)CCCCCCCCCCCCCCCC)[C@@]([2H])(OC(=O)CCCCC/C=C\C/C=C\C/C=C\C/C=C\CCCCC)C([2H])([2H])OP(=O)(O)OCCN. The molecule has 2 atom stereocenters. The molecule has 0 fully saturated rings. The fraction of sp³-hybridized carbons (Fsp3) is 0.773. The number of carbonyl (C=O) groups excluding carboxylic acids is 2. The van der Waals surface area contributed by atoms with Crippen LogP contribution in [0.15, 0.2) is 48.6 Å². The first-order valence-electron chi connectivity index (χ1n) is 23.6. The number of phosphoric ester groups is 1. The number of phosphoric acid groups is 1. The van der Waals surface area contributed by atoms with Crippen LogP contribution in [-0.4, -0.2) is 49.2 Å². The van der Waals surface area contributed by atoms with Crippen molar-refractivity contribution in [3.05, 3.63) is 48.6 Å². The van der Waals surface area contributed by atoms with Crippen molar-refractivity contribution in [2.24, 2.45) is 5.73 Å². The van der Waals surface area contributed by atoms with Crippen LogP contribution in [0.2, 0.25) is 0 Å². The lowest BCUT2D eigenvalue weighted by molar-refractivity contribution is -0.161. The summed E-state index contributed by atoms with van der Waals surface area (Å²) >= 11 is 0. The molecule has 314 valence electrons. The first kappa shape index (κ1) is 43.1. The Bertz CT molecular complexity index is 1250. The maximum atomic E-state index is 12.9. The van der Waals surface area contributed by atoms with Gasteiger partial charge in [-0.15, -0.1) is 0 Å². The topological polar surface area (TPSA) is 134 Å². The van der Waals surface area contributed by atoms with Crippen molar-refractivity contribution in [1.29, 1.82) is 0 Å². The van der Waals surface area contributed by atoms with Crippen LogP contribution in [-0.2, 0) is 32.7 Å². The van der Waals surface area contributed by atoms with Gasteiger partial charge in [0.2, 0.25) is 0 Å². The Labute approximate surface area is 337 Å². The van der Waals surface area contributed by atoms with Crippen molar-refractivity contribution in [1.82, 2.24) is 0 Å². The van der Waals surface area contributed by atoms with E-state index in [9.17, 15) is 19.0 Å². The molecule has 0 aromatic carbocycles. The average molecular weight is 787 g/mol. The van der Waals surface area contributed by atoms with Crippen molar-refractivity contribution in [2.45, 2.75) is 193 Å². The maximum absolute atomic E-state index is 12.9. The highest BCUT2D eigenvalue weighted by Gasteiger charge is 2.26. The van der Waals surface area contributed by atoms with E-state index in [0.717, 1.165) is 64.2 Å². The van der Waals surface area contributed by atoms with E-state index in [0.29, 0.717) is 19.3 Å². The summed E-state index contributed by atoms with van der Waals surface area (Å²) in [7, 11) is -5.27. The van der Waals surface area contributed by atoms with Gasteiger partial charge in [-0.2, -0.15) is 0 Å². The zero-order valence-electron chi connectivity index (χ0n) is 39.0. The predicted octanol–water partition coefficient (Wildman–Crippen LogP) is 12.3. The minimum atomic E-state index is -5.27. The van der Waals surface area contributed by atoms with Crippen LogP contribution in [0.25, 0.3) is 0 Å². The number of esters is 2. The lowest BCUT2D eigenvalue weighted by atomic mass is 10.0. The second-order valence-corrected chi connectivity index (χ2v) is 15.1. The summed E-state index contributed by atoms with van der Waals surface area (Å²) < 4.78 is 73.5. The average Bonchev–Trinajstić information content (AvgIpc) is 3.17. The molecule has 0 rings (SSSR count). The summed E-state index contributed by atoms with van der Waals surface area (Å²) in [6, 6.07) is 0. The third kappa shape index (κ3) is 39.7. The van der Waals surface area contributed by atoms with Gasteiger partial charge in [0, 0.05) is 19.4 Å². The van der Waals surface area contributed by atoms with Gasteiger partial charge < -0.3 is 20.1 Å². The van der Waals surface area contributed by atoms with Crippen molar-refractivity contribution in [2.75, 3.05) is 26.3 Å². The van der Waals surface area contributed by atoms with Crippen LogP contribution in [0.3, 0.4) is 0 Å². The van der Waals surface area contributed by atoms with E-state index in [4.69, 9.17) is 22.1 Å². The van der Waals surface area contributed by atoms with Gasteiger partial charge in [0.15, 0.2) is 6.08 Å². The van der Waals surface area contributed by atoms with Gasteiger partial charge in [0.1, 0.15) is 6.56 Å². The third-order valence-corrected chi connectivity index (χ3v) is 9.37. The molecular formula is C44H80NO8P. The quantitative estimate of drug-likeness (QED) is 0.0269. The van der Waals surface area contributed by atoms with Crippen LogP contribution in [0.5, 0.6) is 0 Å². The number of ether oxygens (including phenoxy) is 2. The lowest BCUT2D eigenvalue weighted by Gasteiger charge is -2.19. The Morgan fingerprint density at radius 2 is 1.02 bits per heavy atom. The third-order valence-electron chi connectivity index (χ3n) is 8.54. The Morgan fingerprint density at radius 1 is 0.611 bits per heavy atom. The Morgan fingerprint density at radius 3 is 1.52 bits per heavy atom. The van der Waals surface area contributed by atoms with E-state index in [1.165, 1.54) is 70.6 Å². The van der Waals surface area contributed by atoms with Gasteiger partial charge in [-0.05, 0) is 57.8 Å². The lowest BCUT2D eigenvalue weighted by Crippen LogP contribution is -2.29. The molecule has 0 saturated heterocycles. The first-order valence-corrected chi connectivity index (χ1v) is 22.6. The van der Waals surface area contributed by atoms with Crippen molar-refractivity contribution >= 4 is 19.8 Å². The number of hydrogen-bond acceptors (Lipinski definition) is 8. The summed E-state index contributed by atoms with van der Waals surface area (Å²) in [4.78, 5) is 35.7. The van der Waals surface area contributed by atoms with Gasteiger partial charge in [-0.1, -0.05) is 165 Å². The van der Waals surface area contributed by atoms with Gasteiger partial charge in [0.05, 0.1) is 20.0 Å². The molecule has 0 bridgehead atoms. The molecule has 0 heterocycles. The van der Waals surface area contributed by atoms with E-state index in [1.807, 2.05) is 6.08 Å². The Balaban J connectivity index is 4.89. The molecule has 0 radical (unpaired) electrons. The summed E-state index contributed by atoms with van der Waals surface area (Å²) in [6.45, 7) is -3.77. The van der Waals surface area contributed by atoms with Gasteiger partial charge in [0.25, 0.3) is 0 Å². The largest absolute Gasteiger partial charge is 0.472 e. The van der Waals surface area contributed by atoms with Crippen LogP contribution in [0.4, 0.5) is 0 Å². The molecule has 3 N–H and O–H groups in total. The Kier molecular flexibility index (Phi) is 32.4. The molecule has 0 saturated carbocycles. The number of allylic oxidation sites excluding steroid dienone is 8. The molecule has 0 aromatic heterocycles. The molecule has 0 aliphatic heterocycles. The van der Waals surface area contributed by atoms with Crippen LogP contribution in [0, 0.1) is 0 Å². The number of carbonyl (C=O) groups is 2. The van der Waals surface area contributed by atoms with Gasteiger partial charge >= 0.3 is 19.8 Å². The Hall–Kier alpha value is -2.03. The van der Waals surface area contributed by atoms with Crippen LogP contribution >= 0.6 is 7.82 Å². The second kappa shape index (κ2) is 40.6. The highest BCUT2D eigenvalue weighted by atomic mass is 31.2. The molecule has 0 aliphatic rings. The molecule has 0 aliphatic carbocycles. The molecule has 9 nitrogen and oxygen atoms in total. The fourth-order valence-electron chi connectivity index (χ4n) is 5.41. The highest BCUT2D eigenvalue weighted by molar-refractivity contribution is 7.47. The molecular weight excluding hydrogens is 701 g/mol. The molecule has 54 heavy (non-hydrogen) atoms. The predicted molar refractivity (Wildman–Crippen MR) is 224 cm³/mol. The minimum absolute atomic E-state index is 0.219. The van der Waals surface area contributed by atoms with Crippen molar-refractivity contribution < 1.29 is 44.4 Å². The van der Waals surface area contributed by atoms with E-state index < -0.39 is 45.6 Å². The second-order valence-electron chi connectivity index (χ2n) is 13.7. The van der Waals surface area contributed by atoms with Crippen molar-refractivity contribution in [3.63, 3.8) is 0 Å². The maximum Gasteiger partial charge on any atom is 0.472 e. The van der Waals surface area contributed by atoms with Gasteiger partial charge in [-0.3, -0.25) is 18.6 Å². The standard InChI is InChI=1S/C44H80NO8P/c1-3-5-7-9-11-13-15-17-19-20-21-22-23-25-27-29-31-33-35-37-44(47)53-42(41-52-54(48,49)51-39-38-45)40-50-43(46)36-34-32-30-28-26-24-18-16-14-12-10-8-6-4-2/h11,13,17,19,21-22,25,27,42H,3-10,12,14-16,18,20,23-24,26,28-41,45H2,1-2H3,(H,48,49)/b13-11-,19-17-,22-21-,27-25-/t42-/m1/s1/i40D2,41D2,42D. The summed E-state index contributed by atoms with van der Waals surface area (Å²) in [6.07, 6.45) is 38.2. The zero-order valence-corrected chi connectivity index (χ0v) is 34.8. The molecule has 0 spiro atoms. The number of hydrogen-bond donors (Lipinski definition) is 2. The number of nitrogens with two attached hydrogens (primary N) is 1. The first-order chi connectivity index (χ1) is 28.2. The van der Waals surface area contributed by atoms with E-state index in [2.05, 4.69) is 65.4 Å². The van der Waals surface area contributed by atoms with Crippen LogP contribution in [0.1, 0.15) is 194 Å². The highest BCUT2D eigenvalue weighted by Crippen LogP contribution is 2.43. The summed E-state index contributed by atoms with van der Waals surface area (Å²) in [5.74, 6) is -2.26. The summed E-state index contributed by atoms with van der Waals surface area (Å²) in [5, 5.41) is 0. The van der Waals surface area contributed by atoms with Gasteiger partial charge in [-0.25, -0.2) is 4.57 Å². The summed E-state index contributed by atoms with van der Waals surface area (Å²) in [5.41, 5.74) is 5.29. The number of unbranched alkanes of at least 4 members (excludes halogenated alkanes) is 19. The molecule has 0 amide bonds. The van der Waals surface area contributed by atoms with E-state index in [1.54, 1.807) is 0 Å². The molecule has 0 aromatic rings. The molecule has 10 heteroatoms. The van der Waals surface area contributed by atoms with Crippen molar-refractivity contribution in [3.8, 4) is 0 Å². The normalized spacial score (nSPS) is 16.3. The minimum Gasteiger partial charge on any atom is -0.462 e. The molecule has 1 unspecified atom stereocenters. The fourth-order valence-corrected chi connectivity index (χ4v) is 6.00. The zero-order chi connectivity index (χ0) is 44.1.